The van der Waals surface area contributed by atoms with Crippen LogP contribution >= 0.6 is 0 Å². The molecule has 0 aromatic heterocycles. The third-order valence-electron chi connectivity index (χ3n) is 4.16. The minimum atomic E-state index is 0.0257. The Bertz CT molecular complexity index is 453. The molecular formula is C15H22N2O2. The Kier molecular flexibility index (Phi) is 3.37. The van der Waals surface area contributed by atoms with Crippen molar-refractivity contribution in [2.75, 3.05) is 39.4 Å². The quantitative estimate of drug-likeness (QED) is 0.878. The molecule has 1 aromatic rings. The number of nitrogens with one attached hydrogen (secondary N) is 1. The molecular weight excluding hydrogens is 240 g/mol. The van der Waals surface area contributed by atoms with Gasteiger partial charge in [0.05, 0.1) is 0 Å². The maximum atomic E-state index is 5.69. The normalized spacial score (nSPS) is 20.3. The molecule has 3 rings (SSSR count). The average Bonchev–Trinajstić information content (AvgIpc) is 2.47. The molecule has 2 heterocycles. The Morgan fingerprint density at radius 3 is 2.47 bits per heavy atom. The molecule has 19 heavy (non-hydrogen) atoms. The summed E-state index contributed by atoms with van der Waals surface area (Å²) in [5, 5.41) is 3.40. The highest BCUT2D eigenvalue weighted by atomic mass is 16.6. The van der Waals surface area contributed by atoms with Crippen molar-refractivity contribution in [3.05, 3.63) is 23.8 Å². The lowest BCUT2D eigenvalue weighted by Gasteiger charge is -2.41. The monoisotopic (exact) mass is 262 g/mol. The van der Waals surface area contributed by atoms with Crippen molar-refractivity contribution in [3.8, 4) is 11.5 Å². The largest absolute Gasteiger partial charge is 0.486 e. The summed E-state index contributed by atoms with van der Waals surface area (Å²) in [6.07, 6.45) is 0. The molecule has 2 aliphatic heterocycles. The summed E-state index contributed by atoms with van der Waals surface area (Å²) in [7, 11) is 0. The van der Waals surface area contributed by atoms with Gasteiger partial charge in [0.1, 0.15) is 13.2 Å². The van der Waals surface area contributed by atoms with Gasteiger partial charge in [0.25, 0.3) is 0 Å². The predicted octanol–water partition coefficient (Wildman–Crippen LogP) is 1.60. The first-order valence-electron chi connectivity index (χ1n) is 7.04. The van der Waals surface area contributed by atoms with Gasteiger partial charge in [0.15, 0.2) is 11.5 Å². The number of rotatable bonds is 2. The van der Waals surface area contributed by atoms with Gasteiger partial charge in [-0.05, 0) is 31.5 Å². The topological polar surface area (TPSA) is 33.7 Å². The molecule has 0 atom stereocenters. The third-order valence-corrected chi connectivity index (χ3v) is 4.16. The zero-order valence-corrected chi connectivity index (χ0v) is 11.7. The summed E-state index contributed by atoms with van der Waals surface area (Å²) in [5.74, 6) is 1.75. The second kappa shape index (κ2) is 5.02. The molecule has 0 unspecified atom stereocenters. The Morgan fingerprint density at radius 2 is 1.74 bits per heavy atom. The fourth-order valence-electron chi connectivity index (χ4n) is 2.83. The van der Waals surface area contributed by atoms with Gasteiger partial charge in [-0.3, -0.25) is 4.90 Å². The molecule has 0 aliphatic carbocycles. The molecule has 0 bridgehead atoms. The van der Waals surface area contributed by atoms with Gasteiger partial charge in [0, 0.05) is 31.7 Å². The van der Waals surface area contributed by atoms with Crippen LogP contribution in [0, 0.1) is 0 Å². The predicted molar refractivity (Wildman–Crippen MR) is 74.9 cm³/mol. The SMILES string of the molecule is CC(C)(c1ccc2c(c1)OCCO2)N1CCNCC1. The first-order valence-corrected chi connectivity index (χ1v) is 7.04. The highest BCUT2D eigenvalue weighted by Gasteiger charge is 2.30. The summed E-state index contributed by atoms with van der Waals surface area (Å²) in [4.78, 5) is 2.52. The smallest absolute Gasteiger partial charge is 0.161 e. The van der Waals surface area contributed by atoms with Crippen molar-refractivity contribution in [1.29, 1.82) is 0 Å². The minimum absolute atomic E-state index is 0.0257. The Morgan fingerprint density at radius 1 is 1.05 bits per heavy atom. The van der Waals surface area contributed by atoms with Gasteiger partial charge >= 0.3 is 0 Å². The van der Waals surface area contributed by atoms with Crippen LogP contribution in [-0.4, -0.2) is 44.3 Å². The zero-order valence-electron chi connectivity index (χ0n) is 11.7. The minimum Gasteiger partial charge on any atom is -0.486 e. The first-order chi connectivity index (χ1) is 9.18. The van der Waals surface area contributed by atoms with Crippen LogP contribution in [0.25, 0.3) is 0 Å². The highest BCUT2D eigenvalue weighted by Crippen LogP contribution is 2.36. The second-order valence-corrected chi connectivity index (χ2v) is 5.65. The Labute approximate surface area is 114 Å². The van der Waals surface area contributed by atoms with E-state index in [0.717, 1.165) is 37.7 Å². The van der Waals surface area contributed by atoms with Crippen molar-refractivity contribution in [2.24, 2.45) is 0 Å². The van der Waals surface area contributed by atoms with Crippen molar-refractivity contribution >= 4 is 0 Å². The van der Waals surface area contributed by atoms with Crippen LogP contribution in [0.1, 0.15) is 19.4 Å². The van der Waals surface area contributed by atoms with E-state index in [9.17, 15) is 0 Å². The van der Waals surface area contributed by atoms with Crippen LogP contribution < -0.4 is 14.8 Å². The van der Waals surface area contributed by atoms with Crippen molar-refractivity contribution < 1.29 is 9.47 Å². The van der Waals surface area contributed by atoms with Gasteiger partial charge in [-0.2, -0.15) is 0 Å². The van der Waals surface area contributed by atoms with E-state index in [1.54, 1.807) is 0 Å². The number of ether oxygens (including phenoxy) is 2. The number of fused-ring (bicyclic) bond motifs is 1. The number of hydrogen-bond acceptors (Lipinski definition) is 4. The fraction of sp³-hybridized carbons (Fsp3) is 0.600. The van der Waals surface area contributed by atoms with Crippen molar-refractivity contribution in [2.45, 2.75) is 19.4 Å². The van der Waals surface area contributed by atoms with Gasteiger partial charge < -0.3 is 14.8 Å². The first kappa shape index (κ1) is 12.8. The van der Waals surface area contributed by atoms with Crippen LogP contribution in [0.2, 0.25) is 0 Å². The van der Waals surface area contributed by atoms with Crippen LogP contribution in [0.5, 0.6) is 11.5 Å². The maximum Gasteiger partial charge on any atom is 0.161 e. The lowest BCUT2D eigenvalue weighted by Crippen LogP contribution is -2.51. The summed E-state index contributed by atoms with van der Waals surface area (Å²) in [6, 6.07) is 6.33. The molecule has 1 fully saturated rings. The van der Waals surface area contributed by atoms with Crippen LogP contribution in [-0.2, 0) is 5.54 Å². The molecule has 0 amide bonds. The van der Waals surface area contributed by atoms with Gasteiger partial charge in [0.2, 0.25) is 0 Å². The van der Waals surface area contributed by atoms with E-state index in [2.05, 4.69) is 36.2 Å². The lowest BCUT2D eigenvalue weighted by atomic mass is 9.91. The number of piperazine rings is 1. The molecule has 2 aliphatic rings. The highest BCUT2D eigenvalue weighted by molar-refractivity contribution is 5.45. The van der Waals surface area contributed by atoms with E-state index < -0.39 is 0 Å². The molecule has 104 valence electrons. The van der Waals surface area contributed by atoms with E-state index in [1.165, 1.54) is 5.56 Å². The van der Waals surface area contributed by atoms with Crippen molar-refractivity contribution in [3.63, 3.8) is 0 Å². The van der Waals surface area contributed by atoms with E-state index >= 15 is 0 Å². The molecule has 4 heteroatoms. The maximum absolute atomic E-state index is 5.69. The summed E-state index contributed by atoms with van der Waals surface area (Å²) in [6.45, 7) is 10.1. The fourth-order valence-corrected chi connectivity index (χ4v) is 2.83. The standard InChI is InChI=1S/C15H22N2O2/c1-15(2,17-7-5-16-6-8-17)12-3-4-13-14(11-12)19-10-9-18-13/h3-4,11,16H,5-10H2,1-2H3. The van der Waals surface area contributed by atoms with Gasteiger partial charge in [-0.1, -0.05) is 6.07 Å². The summed E-state index contributed by atoms with van der Waals surface area (Å²) in [5.41, 5.74) is 1.32. The van der Waals surface area contributed by atoms with Gasteiger partial charge in [-0.15, -0.1) is 0 Å². The van der Waals surface area contributed by atoms with Crippen molar-refractivity contribution in [1.82, 2.24) is 10.2 Å². The number of benzene rings is 1. The van der Waals surface area contributed by atoms with Crippen LogP contribution in [0.4, 0.5) is 0 Å². The van der Waals surface area contributed by atoms with Gasteiger partial charge in [-0.25, -0.2) is 0 Å². The molecule has 0 saturated carbocycles. The van der Waals surface area contributed by atoms with E-state index in [0.29, 0.717) is 13.2 Å². The lowest BCUT2D eigenvalue weighted by molar-refractivity contribution is 0.101. The van der Waals surface area contributed by atoms with Crippen LogP contribution in [0.15, 0.2) is 18.2 Å². The molecule has 1 aromatic carbocycles. The van der Waals surface area contributed by atoms with Crippen LogP contribution in [0.3, 0.4) is 0 Å². The Balaban J connectivity index is 1.87. The molecule has 0 radical (unpaired) electrons. The second-order valence-electron chi connectivity index (χ2n) is 5.65. The number of nitrogens with zero attached hydrogens (tertiary/aromatic N) is 1. The molecule has 4 nitrogen and oxygen atoms in total. The van der Waals surface area contributed by atoms with E-state index in [1.807, 2.05) is 6.07 Å². The van der Waals surface area contributed by atoms with E-state index in [-0.39, 0.29) is 5.54 Å². The average molecular weight is 262 g/mol. The molecule has 0 spiro atoms. The Hall–Kier alpha value is -1.26. The molecule has 1 N–H and O–H groups in total. The third kappa shape index (κ3) is 2.42. The van der Waals surface area contributed by atoms with E-state index in [4.69, 9.17) is 9.47 Å². The zero-order chi connectivity index (χ0) is 13.3. The summed E-state index contributed by atoms with van der Waals surface area (Å²) < 4.78 is 11.3. The number of hydrogen-bond donors (Lipinski definition) is 1. The molecule has 1 saturated heterocycles. The summed E-state index contributed by atoms with van der Waals surface area (Å²) >= 11 is 0.